The van der Waals surface area contributed by atoms with Crippen molar-refractivity contribution in [2.24, 2.45) is 5.41 Å². The van der Waals surface area contributed by atoms with Gasteiger partial charge in [-0.25, -0.2) is 8.78 Å². The fraction of sp³-hybridized carbons (Fsp3) is 0.571. The van der Waals surface area contributed by atoms with Gasteiger partial charge in [0.15, 0.2) is 11.6 Å². The Kier molecular flexibility index (Phi) is 2.77. The molecule has 0 saturated heterocycles. The molecule has 2 aliphatic carbocycles. The van der Waals surface area contributed by atoms with Crippen molar-refractivity contribution < 1.29 is 18.6 Å². The van der Waals surface area contributed by atoms with Crippen molar-refractivity contribution in [3.05, 3.63) is 29.8 Å². The molecule has 2 aliphatic rings. The van der Waals surface area contributed by atoms with Crippen molar-refractivity contribution in [1.29, 1.82) is 0 Å². The van der Waals surface area contributed by atoms with E-state index in [-0.39, 0.29) is 23.4 Å². The maximum absolute atomic E-state index is 13.5. The summed E-state index contributed by atoms with van der Waals surface area (Å²) in [6, 6.07) is 3.22. The lowest BCUT2D eigenvalue weighted by atomic mass is 9.62. The van der Waals surface area contributed by atoms with Gasteiger partial charge in [0.25, 0.3) is 0 Å². The van der Waals surface area contributed by atoms with E-state index in [4.69, 9.17) is 4.74 Å². The van der Waals surface area contributed by atoms with Crippen LogP contribution in [0, 0.1) is 17.0 Å². The van der Waals surface area contributed by atoms with E-state index in [2.05, 4.69) is 0 Å². The number of aliphatic hydroxyl groups is 1. The average Bonchev–Trinajstić information content (AvgIpc) is 2.85. The lowest BCUT2D eigenvalue weighted by Crippen LogP contribution is -2.58. The quantitative estimate of drug-likeness (QED) is 0.879. The van der Waals surface area contributed by atoms with E-state index >= 15 is 0 Å². The predicted octanol–water partition coefficient (Wildman–Crippen LogP) is 3.04. The largest absolute Gasteiger partial charge is 0.486 e. The molecule has 2 nitrogen and oxygen atoms in total. The number of benzene rings is 1. The topological polar surface area (TPSA) is 29.5 Å². The van der Waals surface area contributed by atoms with Crippen molar-refractivity contribution in [3.63, 3.8) is 0 Å². The molecule has 1 spiro atoms. The third-order valence-electron chi connectivity index (χ3n) is 4.44. The molecule has 0 aliphatic heterocycles. The van der Waals surface area contributed by atoms with Crippen LogP contribution in [0.2, 0.25) is 0 Å². The van der Waals surface area contributed by atoms with Crippen molar-refractivity contribution in [1.82, 2.24) is 0 Å². The lowest BCUT2D eigenvalue weighted by molar-refractivity contribution is -0.152. The molecule has 0 amide bonds. The Balaban J connectivity index is 1.79. The number of aliphatic hydroxyl groups excluding tert-OH is 1. The van der Waals surface area contributed by atoms with Crippen molar-refractivity contribution in [2.45, 2.75) is 44.3 Å². The summed E-state index contributed by atoms with van der Waals surface area (Å²) in [6.07, 6.45) is 3.93. The molecule has 2 saturated carbocycles. The van der Waals surface area contributed by atoms with Crippen LogP contribution in [0.5, 0.6) is 5.75 Å². The zero-order chi connectivity index (χ0) is 12.8. The van der Waals surface area contributed by atoms with Crippen LogP contribution in [0.25, 0.3) is 0 Å². The summed E-state index contributed by atoms with van der Waals surface area (Å²) < 4.78 is 32.2. The normalized spacial score (nSPS) is 29.3. The van der Waals surface area contributed by atoms with Crippen molar-refractivity contribution in [3.8, 4) is 5.75 Å². The Hall–Kier alpha value is -1.16. The van der Waals surface area contributed by atoms with Gasteiger partial charge in [-0.15, -0.1) is 0 Å². The summed E-state index contributed by atoms with van der Waals surface area (Å²) in [7, 11) is 0. The highest BCUT2D eigenvalue weighted by Crippen LogP contribution is 2.54. The third kappa shape index (κ3) is 1.70. The molecule has 98 valence electrons. The molecule has 1 N–H and O–H groups in total. The van der Waals surface area contributed by atoms with Gasteiger partial charge in [0.2, 0.25) is 0 Å². The van der Waals surface area contributed by atoms with Crippen LogP contribution in [0.1, 0.15) is 32.1 Å². The Morgan fingerprint density at radius 3 is 2.61 bits per heavy atom. The molecule has 1 aromatic carbocycles. The molecule has 2 atom stereocenters. The van der Waals surface area contributed by atoms with E-state index in [0.717, 1.165) is 43.9 Å². The summed E-state index contributed by atoms with van der Waals surface area (Å²) in [5, 5.41) is 9.92. The standard InChI is InChI=1S/C14H16F2O2/c15-9-3-4-10(16)11(7-9)18-13-8-12(17)14(13)5-1-2-6-14/h3-4,7,12-13,17H,1-2,5-6,8H2. The molecule has 0 aromatic heterocycles. The number of ether oxygens (including phenoxy) is 1. The third-order valence-corrected chi connectivity index (χ3v) is 4.44. The number of rotatable bonds is 2. The van der Waals surface area contributed by atoms with Crippen molar-refractivity contribution >= 4 is 0 Å². The van der Waals surface area contributed by atoms with Gasteiger partial charge in [-0.05, 0) is 25.0 Å². The van der Waals surface area contributed by atoms with Gasteiger partial charge in [-0.1, -0.05) is 12.8 Å². The second-order valence-electron chi connectivity index (χ2n) is 5.37. The monoisotopic (exact) mass is 254 g/mol. The summed E-state index contributed by atoms with van der Waals surface area (Å²) in [6.45, 7) is 0. The molecular weight excluding hydrogens is 238 g/mol. The molecule has 0 heterocycles. The minimum atomic E-state index is -0.550. The minimum Gasteiger partial charge on any atom is -0.486 e. The van der Waals surface area contributed by atoms with Gasteiger partial charge in [0.1, 0.15) is 11.9 Å². The van der Waals surface area contributed by atoms with Gasteiger partial charge in [-0.2, -0.15) is 0 Å². The van der Waals surface area contributed by atoms with Crippen LogP contribution in [-0.2, 0) is 0 Å². The fourth-order valence-corrected chi connectivity index (χ4v) is 3.30. The predicted molar refractivity (Wildman–Crippen MR) is 62.3 cm³/mol. The van der Waals surface area contributed by atoms with Gasteiger partial charge < -0.3 is 9.84 Å². The fourth-order valence-electron chi connectivity index (χ4n) is 3.30. The highest BCUT2D eigenvalue weighted by Gasteiger charge is 2.57. The van der Waals surface area contributed by atoms with Crippen LogP contribution in [0.15, 0.2) is 18.2 Å². The van der Waals surface area contributed by atoms with Crippen LogP contribution >= 0.6 is 0 Å². The van der Waals surface area contributed by atoms with Gasteiger partial charge >= 0.3 is 0 Å². The molecule has 0 radical (unpaired) electrons. The molecule has 18 heavy (non-hydrogen) atoms. The van der Waals surface area contributed by atoms with Crippen LogP contribution < -0.4 is 4.74 Å². The van der Waals surface area contributed by atoms with Crippen LogP contribution in [-0.4, -0.2) is 17.3 Å². The Morgan fingerprint density at radius 2 is 1.94 bits per heavy atom. The summed E-state index contributed by atoms with van der Waals surface area (Å²) in [5.74, 6) is -1.10. The van der Waals surface area contributed by atoms with Gasteiger partial charge in [-0.3, -0.25) is 0 Å². The minimum absolute atomic E-state index is 0.0434. The van der Waals surface area contributed by atoms with Gasteiger partial charge in [0.05, 0.1) is 6.10 Å². The summed E-state index contributed by atoms with van der Waals surface area (Å²) in [4.78, 5) is 0. The number of hydrogen-bond donors (Lipinski definition) is 1. The second-order valence-corrected chi connectivity index (χ2v) is 5.37. The second kappa shape index (κ2) is 4.19. The highest BCUT2D eigenvalue weighted by molar-refractivity contribution is 5.26. The smallest absolute Gasteiger partial charge is 0.165 e. The molecule has 3 rings (SSSR count). The van der Waals surface area contributed by atoms with E-state index in [1.54, 1.807) is 0 Å². The molecule has 2 fully saturated rings. The molecular formula is C14H16F2O2. The SMILES string of the molecule is OC1CC(Oc2cc(F)ccc2F)C12CCCC2. The molecule has 4 heteroatoms. The average molecular weight is 254 g/mol. The van der Waals surface area contributed by atoms with E-state index in [1.165, 1.54) is 0 Å². The van der Waals surface area contributed by atoms with Gasteiger partial charge in [0, 0.05) is 17.9 Å². The highest BCUT2D eigenvalue weighted by atomic mass is 19.1. The number of halogens is 2. The van der Waals surface area contributed by atoms with Crippen molar-refractivity contribution in [2.75, 3.05) is 0 Å². The van der Waals surface area contributed by atoms with Crippen LogP contribution in [0.4, 0.5) is 8.78 Å². The molecule has 0 bridgehead atoms. The molecule has 2 unspecified atom stereocenters. The first-order chi connectivity index (χ1) is 8.62. The first-order valence-corrected chi connectivity index (χ1v) is 6.41. The van der Waals surface area contributed by atoms with E-state index in [9.17, 15) is 13.9 Å². The zero-order valence-electron chi connectivity index (χ0n) is 10.0. The maximum Gasteiger partial charge on any atom is 0.165 e. The number of hydrogen-bond acceptors (Lipinski definition) is 2. The zero-order valence-corrected chi connectivity index (χ0v) is 10.0. The first-order valence-electron chi connectivity index (χ1n) is 6.41. The summed E-state index contributed by atoms with van der Waals surface area (Å²) in [5.41, 5.74) is -0.223. The Morgan fingerprint density at radius 1 is 1.22 bits per heavy atom. The Labute approximate surface area is 105 Å². The Bertz CT molecular complexity index is 455. The molecule has 1 aromatic rings. The first kappa shape index (κ1) is 11.9. The maximum atomic E-state index is 13.5. The van der Waals surface area contributed by atoms with E-state index in [1.807, 2.05) is 0 Å². The van der Waals surface area contributed by atoms with E-state index < -0.39 is 11.6 Å². The lowest BCUT2D eigenvalue weighted by Gasteiger charge is -2.51. The van der Waals surface area contributed by atoms with Crippen LogP contribution in [0.3, 0.4) is 0 Å². The summed E-state index contributed by atoms with van der Waals surface area (Å²) >= 11 is 0. The van der Waals surface area contributed by atoms with E-state index in [0.29, 0.717) is 6.42 Å².